The molecule has 0 saturated carbocycles. The highest BCUT2D eigenvalue weighted by Crippen LogP contribution is 2.26. The van der Waals surface area contributed by atoms with Crippen molar-refractivity contribution < 1.29 is 9.84 Å². The Morgan fingerprint density at radius 2 is 2.15 bits per heavy atom. The fraction of sp³-hybridized carbons (Fsp3) is 0.737. The Kier molecular flexibility index (Phi) is 9.86. The largest absolute Gasteiger partial charge is 0.386 e. The Morgan fingerprint density at radius 3 is 2.74 bits per heavy atom. The summed E-state index contributed by atoms with van der Waals surface area (Å²) < 4.78 is 6.33. The van der Waals surface area contributed by atoms with Gasteiger partial charge in [-0.3, -0.25) is 4.99 Å². The number of rotatable bonds is 9. The zero-order valence-electron chi connectivity index (χ0n) is 16.6. The van der Waals surface area contributed by atoms with E-state index in [0.717, 1.165) is 56.5 Å². The summed E-state index contributed by atoms with van der Waals surface area (Å²) in [5.74, 6) is 0.765. The number of aliphatic hydroxyl groups is 1. The van der Waals surface area contributed by atoms with Gasteiger partial charge in [0.25, 0.3) is 0 Å². The molecule has 0 spiro atoms. The van der Waals surface area contributed by atoms with Gasteiger partial charge in [0.05, 0.1) is 23.6 Å². The van der Waals surface area contributed by atoms with Crippen LogP contribution in [-0.2, 0) is 4.74 Å². The number of piperidine rings is 1. The molecule has 154 valence electrons. The number of halogens is 1. The zero-order chi connectivity index (χ0) is 19.6. The lowest BCUT2D eigenvalue weighted by Crippen LogP contribution is -2.49. The van der Waals surface area contributed by atoms with E-state index in [1.807, 2.05) is 13.0 Å². The summed E-state index contributed by atoms with van der Waals surface area (Å²) in [5, 5.41) is 17.1. The standard InChI is InChI=1S/C19H33ClN4O2S/c1-4-21-19(22-13-16(25)17-5-6-18(20)27-17)23-15-7-9-24(10-8-15)11-12-26-14(2)3/h5-6,14-16,25H,4,7-13H2,1-3H3,(H2,21,22,23). The van der Waals surface area contributed by atoms with E-state index in [2.05, 4.69) is 34.4 Å². The molecule has 6 nitrogen and oxygen atoms in total. The Morgan fingerprint density at radius 1 is 1.41 bits per heavy atom. The maximum absolute atomic E-state index is 10.3. The Hall–Kier alpha value is -0.860. The number of aliphatic hydroxyl groups excluding tert-OH is 1. The molecular weight excluding hydrogens is 384 g/mol. The third-order valence-electron chi connectivity index (χ3n) is 4.48. The maximum atomic E-state index is 10.3. The molecular formula is C19H33ClN4O2S. The monoisotopic (exact) mass is 416 g/mol. The minimum Gasteiger partial charge on any atom is -0.386 e. The highest BCUT2D eigenvalue weighted by atomic mass is 35.5. The van der Waals surface area contributed by atoms with Gasteiger partial charge in [-0.2, -0.15) is 0 Å². The SMILES string of the molecule is CCNC(=NCC(O)c1ccc(Cl)s1)NC1CCN(CCOC(C)C)CC1. The highest BCUT2D eigenvalue weighted by molar-refractivity contribution is 7.16. The van der Waals surface area contributed by atoms with Gasteiger partial charge < -0.3 is 25.4 Å². The molecule has 2 heterocycles. The summed E-state index contributed by atoms with van der Waals surface area (Å²) in [6, 6.07) is 4.06. The van der Waals surface area contributed by atoms with Crippen molar-refractivity contribution in [3.8, 4) is 0 Å². The molecule has 0 amide bonds. The van der Waals surface area contributed by atoms with E-state index >= 15 is 0 Å². The number of guanidine groups is 1. The smallest absolute Gasteiger partial charge is 0.191 e. The molecule has 1 aromatic rings. The van der Waals surface area contributed by atoms with Crippen LogP contribution in [0.5, 0.6) is 0 Å². The molecule has 1 aliphatic rings. The molecule has 2 rings (SSSR count). The van der Waals surface area contributed by atoms with Crippen molar-refractivity contribution in [3.63, 3.8) is 0 Å². The van der Waals surface area contributed by atoms with Gasteiger partial charge in [0.15, 0.2) is 5.96 Å². The Bertz CT molecular complexity index is 574. The summed E-state index contributed by atoms with van der Waals surface area (Å²) in [6.45, 7) is 11.2. The summed E-state index contributed by atoms with van der Waals surface area (Å²) in [6.07, 6.45) is 1.83. The van der Waals surface area contributed by atoms with Gasteiger partial charge >= 0.3 is 0 Å². The topological polar surface area (TPSA) is 69.1 Å². The molecule has 1 unspecified atom stereocenters. The number of aliphatic imine (C=N–C) groups is 1. The second-order valence-electron chi connectivity index (χ2n) is 7.06. The average Bonchev–Trinajstić information content (AvgIpc) is 3.07. The van der Waals surface area contributed by atoms with Crippen LogP contribution < -0.4 is 10.6 Å². The first kappa shape index (κ1) is 22.4. The molecule has 27 heavy (non-hydrogen) atoms. The van der Waals surface area contributed by atoms with Gasteiger partial charge in [0.1, 0.15) is 6.10 Å². The van der Waals surface area contributed by atoms with Crippen LogP contribution in [-0.4, -0.2) is 67.4 Å². The molecule has 1 atom stereocenters. The van der Waals surface area contributed by atoms with Crippen LogP contribution in [0.1, 0.15) is 44.6 Å². The number of hydrogen-bond donors (Lipinski definition) is 3. The molecule has 1 saturated heterocycles. The Balaban J connectivity index is 1.77. The number of hydrogen-bond acceptors (Lipinski definition) is 5. The predicted octanol–water partition coefficient (Wildman–Crippen LogP) is 2.88. The first-order valence-electron chi connectivity index (χ1n) is 9.80. The molecule has 1 fully saturated rings. The number of nitrogens with one attached hydrogen (secondary N) is 2. The molecule has 0 radical (unpaired) electrons. The molecule has 8 heteroatoms. The Labute approximate surface area is 172 Å². The summed E-state index contributed by atoms with van der Waals surface area (Å²) in [4.78, 5) is 7.85. The van der Waals surface area contributed by atoms with Gasteiger partial charge in [0.2, 0.25) is 0 Å². The number of ether oxygens (including phenoxy) is 1. The molecule has 3 N–H and O–H groups in total. The van der Waals surface area contributed by atoms with Crippen molar-refractivity contribution in [2.24, 2.45) is 4.99 Å². The number of thiophene rings is 1. The van der Waals surface area contributed by atoms with Crippen LogP contribution in [0, 0.1) is 0 Å². The summed E-state index contributed by atoms with van der Waals surface area (Å²) in [7, 11) is 0. The van der Waals surface area contributed by atoms with Crippen LogP contribution >= 0.6 is 22.9 Å². The minimum atomic E-state index is -0.624. The van der Waals surface area contributed by atoms with E-state index < -0.39 is 6.10 Å². The van der Waals surface area contributed by atoms with E-state index in [0.29, 0.717) is 23.0 Å². The predicted molar refractivity (Wildman–Crippen MR) is 114 cm³/mol. The van der Waals surface area contributed by atoms with Crippen LogP contribution in [0.4, 0.5) is 0 Å². The molecule has 1 aliphatic heterocycles. The number of nitrogens with zero attached hydrogens (tertiary/aromatic N) is 2. The van der Waals surface area contributed by atoms with E-state index in [1.54, 1.807) is 6.07 Å². The van der Waals surface area contributed by atoms with Gasteiger partial charge in [0, 0.05) is 37.1 Å². The maximum Gasteiger partial charge on any atom is 0.191 e. The van der Waals surface area contributed by atoms with Crippen molar-refractivity contribution in [1.82, 2.24) is 15.5 Å². The third kappa shape index (κ3) is 8.35. The molecule has 0 aromatic carbocycles. The zero-order valence-corrected chi connectivity index (χ0v) is 18.2. The highest BCUT2D eigenvalue weighted by Gasteiger charge is 2.20. The first-order valence-corrected chi connectivity index (χ1v) is 11.0. The van der Waals surface area contributed by atoms with Crippen LogP contribution in [0.3, 0.4) is 0 Å². The second kappa shape index (κ2) is 11.9. The van der Waals surface area contributed by atoms with Gasteiger partial charge in [-0.1, -0.05) is 11.6 Å². The summed E-state index contributed by atoms with van der Waals surface area (Å²) in [5.41, 5.74) is 0. The average molecular weight is 417 g/mol. The second-order valence-corrected chi connectivity index (χ2v) is 8.80. The van der Waals surface area contributed by atoms with Crippen molar-refractivity contribution in [2.75, 3.05) is 39.3 Å². The van der Waals surface area contributed by atoms with Gasteiger partial charge in [-0.25, -0.2) is 0 Å². The molecule has 0 aliphatic carbocycles. The molecule has 0 bridgehead atoms. The minimum absolute atomic E-state index is 0.295. The fourth-order valence-electron chi connectivity index (χ4n) is 3.01. The van der Waals surface area contributed by atoms with Crippen molar-refractivity contribution >= 4 is 28.9 Å². The van der Waals surface area contributed by atoms with Crippen LogP contribution in [0.15, 0.2) is 17.1 Å². The van der Waals surface area contributed by atoms with Gasteiger partial charge in [-0.05, 0) is 45.7 Å². The van der Waals surface area contributed by atoms with Crippen molar-refractivity contribution in [3.05, 3.63) is 21.3 Å². The normalized spacial score (nSPS) is 18.1. The number of likely N-dealkylation sites (tertiary alicyclic amines) is 1. The van der Waals surface area contributed by atoms with Crippen molar-refractivity contribution in [1.29, 1.82) is 0 Å². The quantitative estimate of drug-likeness (QED) is 0.426. The van der Waals surface area contributed by atoms with Crippen LogP contribution in [0.25, 0.3) is 0 Å². The van der Waals surface area contributed by atoms with Crippen LogP contribution in [0.2, 0.25) is 4.34 Å². The van der Waals surface area contributed by atoms with E-state index in [1.165, 1.54) is 11.3 Å². The lowest BCUT2D eigenvalue weighted by Gasteiger charge is -2.33. The van der Waals surface area contributed by atoms with Crippen molar-refractivity contribution in [2.45, 2.75) is 51.9 Å². The molecule has 1 aromatic heterocycles. The lowest BCUT2D eigenvalue weighted by molar-refractivity contribution is 0.0532. The third-order valence-corrected chi connectivity index (χ3v) is 5.81. The lowest BCUT2D eigenvalue weighted by atomic mass is 10.1. The van der Waals surface area contributed by atoms with Gasteiger partial charge in [-0.15, -0.1) is 11.3 Å². The fourth-order valence-corrected chi connectivity index (χ4v) is 4.05. The van der Waals surface area contributed by atoms with E-state index in [9.17, 15) is 5.11 Å². The van der Waals surface area contributed by atoms with E-state index in [4.69, 9.17) is 16.3 Å². The summed E-state index contributed by atoms with van der Waals surface area (Å²) >= 11 is 7.33. The van der Waals surface area contributed by atoms with E-state index in [-0.39, 0.29) is 0 Å². The first-order chi connectivity index (χ1) is 13.0.